The summed E-state index contributed by atoms with van der Waals surface area (Å²) >= 11 is 6.11. The van der Waals surface area contributed by atoms with Crippen LogP contribution in [-0.4, -0.2) is 5.97 Å². The third kappa shape index (κ3) is 2.73. The Morgan fingerprint density at radius 2 is 1.71 bits per heavy atom. The first-order chi connectivity index (χ1) is 10.1. The van der Waals surface area contributed by atoms with Gasteiger partial charge in [0.1, 0.15) is 11.6 Å². The largest absolute Gasteiger partial charge is 0.422 e. The Kier molecular flexibility index (Phi) is 3.59. The highest BCUT2D eigenvalue weighted by Gasteiger charge is 2.12. The molecule has 0 unspecified atom stereocenters. The molecule has 3 rings (SSSR count). The van der Waals surface area contributed by atoms with Gasteiger partial charge in [0.15, 0.2) is 0 Å². The highest BCUT2D eigenvalue weighted by Crippen LogP contribution is 2.31. The molecule has 0 fully saturated rings. The van der Waals surface area contributed by atoms with Gasteiger partial charge in [0.2, 0.25) is 0 Å². The Hall–Kier alpha value is -2.39. The average molecular weight is 301 g/mol. The second-order valence-electron chi connectivity index (χ2n) is 4.49. The van der Waals surface area contributed by atoms with Crippen molar-refractivity contribution in [2.75, 3.05) is 0 Å². The lowest BCUT2D eigenvalue weighted by Crippen LogP contribution is -2.09. The van der Waals surface area contributed by atoms with Crippen LogP contribution in [0, 0.1) is 5.82 Å². The van der Waals surface area contributed by atoms with Crippen LogP contribution in [0.4, 0.5) is 4.39 Å². The fourth-order valence-electron chi connectivity index (χ4n) is 2.10. The van der Waals surface area contributed by atoms with E-state index in [1.165, 1.54) is 18.2 Å². The molecule has 104 valence electrons. The van der Waals surface area contributed by atoms with Gasteiger partial charge in [-0.2, -0.15) is 0 Å². The molecule has 0 saturated carbocycles. The third-order valence-corrected chi connectivity index (χ3v) is 3.42. The van der Waals surface area contributed by atoms with Crippen molar-refractivity contribution in [2.45, 2.75) is 0 Å². The van der Waals surface area contributed by atoms with E-state index >= 15 is 0 Å². The normalized spacial score (nSPS) is 10.6. The molecule has 4 heteroatoms. The standard InChI is InChI=1S/C17H10ClFO2/c18-15-8-9-16(14-7-2-1-6-13(14)15)21-17(20)11-4-3-5-12(19)10-11/h1-10H. The van der Waals surface area contributed by atoms with Gasteiger partial charge in [0.05, 0.1) is 5.56 Å². The molecular formula is C17H10ClFO2. The van der Waals surface area contributed by atoms with Gasteiger partial charge in [0.25, 0.3) is 0 Å². The first-order valence-corrected chi connectivity index (χ1v) is 6.68. The molecule has 3 aromatic carbocycles. The maximum atomic E-state index is 13.1. The van der Waals surface area contributed by atoms with E-state index in [0.29, 0.717) is 10.8 Å². The lowest BCUT2D eigenvalue weighted by molar-refractivity contribution is 0.0736. The van der Waals surface area contributed by atoms with E-state index in [2.05, 4.69) is 0 Å². The zero-order chi connectivity index (χ0) is 14.8. The van der Waals surface area contributed by atoms with Crippen LogP contribution in [0.15, 0.2) is 60.7 Å². The number of benzene rings is 3. The molecular weight excluding hydrogens is 291 g/mol. The van der Waals surface area contributed by atoms with Crippen LogP contribution in [0.1, 0.15) is 10.4 Å². The van der Waals surface area contributed by atoms with Gasteiger partial charge < -0.3 is 4.74 Å². The van der Waals surface area contributed by atoms with E-state index in [4.69, 9.17) is 16.3 Å². The summed E-state index contributed by atoms with van der Waals surface area (Å²) in [7, 11) is 0. The van der Waals surface area contributed by atoms with Crippen LogP contribution >= 0.6 is 11.6 Å². The maximum absolute atomic E-state index is 13.1. The fourth-order valence-corrected chi connectivity index (χ4v) is 2.33. The number of rotatable bonds is 2. The number of hydrogen-bond donors (Lipinski definition) is 0. The van der Waals surface area contributed by atoms with Gasteiger partial charge in [0, 0.05) is 15.8 Å². The quantitative estimate of drug-likeness (QED) is 0.499. The summed E-state index contributed by atoms with van der Waals surface area (Å²) in [6, 6.07) is 16.0. The van der Waals surface area contributed by atoms with Crippen molar-refractivity contribution >= 4 is 28.3 Å². The van der Waals surface area contributed by atoms with Crippen LogP contribution < -0.4 is 4.74 Å². The van der Waals surface area contributed by atoms with Crippen LogP contribution in [0.25, 0.3) is 10.8 Å². The lowest BCUT2D eigenvalue weighted by Gasteiger charge is -2.09. The molecule has 21 heavy (non-hydrogen) atoms. The van der Waals surface area contributed by atoms with E-state index in [-0.39, 0.29) is 5.56 Å². The molecule has 0 spiro atoms. The Labute approximate surface area is 125 Å². The van der Waals surface area contributed by atoms with Crippen molar-refractivity contribution in [3.8, 4) is 5.75 Å². The van der Waals surface area contributed by atoms with Crippen molar-refractivity contribution in [3.05, 3.63) is 77.1 Å². The lowest BCUT2D eigenvalue weighted by atomic mass is 10.1. The number of fused-ring (bicyclic) bond motifs is 1. The minimum Gasteiger partial charge on any atom is -0.422 e. The minimum atomic E-state index is -0.609. The number of carbonyl (C=O) groups is 1. The molecule has 0 aromatic heterocycles. The second kappa shape index (κ2) is 5.54. The van der Waals surface area contributed by atoms with Gasteiger partial charge >= 0.3 is 5.97 Å². The summed E-state index contributed by atoms with van der Waals surface area (Å²) in [5.41, 5.74) is 0.161. The summed E-state index contributed by atoms with van der Waals surface area (Å²) in [6.45, 7) is 0. The van der Waals surface area contributed by atoms with Gasteiger partial charge in [-0.05, 0) is 30.3 Å². The third-order valence-electron chi connectivity index (χ3n) is 3.09. The van der Waals surface area contributed by atoms with Crippen LogP contribution in [0.3, 0.4) is 0 Å². The summed E-state index contributed by atoms with van der Waals surface area (Å²) in [5, 5.41) is 2.11. The highest BCUT2D eigenvalue weighted by molar-refractivity contribution is 6.35. The fraction of sp³-hybridized carbons (Fsp3) is 0. The molecule has 0 amide bonds. The summed E-state index contributed by atoms with van der Waals surface area (Å²) in [5.74, 6) is -0.698. The molecule has 0 aliphatic rings. The Bertz CT molecular complexity index is 830. The first-order valence-electron chi connectivity index (χ1n) is 6.30. The molecule has 0 N–H and O–H groups in total. The Morgan fingerprint density at radius 3 is 2.48 bits per heavy atom. The van der Waals surface area contributed by atoms with Gasteiger partial charge in [-0.3, -0.25) is 0 Å². The minimum absolute atomic E-state index is 0.161. The van der Waals surface area contributed by atoms with Crippen molar-refractivity contribution in [2.24, 2.45) is 0 Å². The average Bonchev–Trinajstić information content (AvgIpc) is 2.50. The smallest absolute Gasteiger partial charge is 0.343 e. The maximum Gasteiger partial charge on any atom is 0.343 e. The molecule has 0 aliphatic heterocycles. The van der Waals surface area contributed by atoms with Crippen LogP contribution in [0.5, 0.6) is 5.75 Å². The Balaban J connectivity index is 1.99. The highest BCUT2D eigenvalue weighted by atomic mass is 35.5. The van der Waals surface area contributed by atoms with Crippen molar-refractivity contribution in [3.63, 3.8) is 0 Å². The number of halogens is 2. The van der Waals surface area contributed by atoms with E-state index < -0.39 is 11.8 Å². The van der Waals surface area contributed by atoms with Crippen molar-refractivity contribution in [1.82, 2.24) is 0 Å². The topological polar surface area (TPSA) is 26.3 Å². The van der Waals surface area contributed by atoms with Gasteiger partial charge in [-0.15, -0.1) is 0 Å². The number of esters is 1. The van der Waals surface area contributed by atoms with E-state index in [1.807, 2.05) is 24.3 Å². The van der Waals surface area contributed by atoms with E-state index in [1.54, 1.807) is 12.1 Å². The molecule has 0 bridgehead atoms. The van der Waals surface area contributed by atoms with Crippen LogP contribution in [-0.2, 0) is 0 Å². The van der Waals surface area contributed by atoms with Crippen molar-refractivity contribution in [1.29, 1.82) is 0 Å². The zero-order valence-electron chi connectivity index (χ0n) is 10.8. The number of carbonyl (C=O) groups excluding carboxylic acids is 1. The molecule has 0 heterocycles. The molecule has 0 aliphatic carbocycles. The first kappa shape index (κ1) is 13.6. The van der Waals surface area contributed by atoms with Crippen molar-refractivity contribution < 1.29 is 13.9 Å². The molecule has 0 atom stereocenters. The second-order valence-corrected chi connectivity index (χ2v) is 4.90. The predicted octanol–water partition coefficient (Wildman–Crippen LogP) is 4.85. The SMILES string of the molecule is O=C(Oc1ccc(Cl)c2ccccc12)c1cccc(F)c1. The Morgan fingerprint density at radius 1 is 0.952 bits per heavy atom. The molecule has 3 aromatic rings. The monoisotopic (exact) mass is 300 g/mol. The van der Waals surface area contributed by atoms with Gasteiger partial charge in [-0.1, -0.05) is 41.9 Å². The summed E-state index contributed by atoms with van der Waals surface area (Å²) in [6.07, 6.45) is 0. The molecule has 0 saturated heterocycles. The van der Waals surface area contributed by atoms with E-state index in [0.717, 1.165) is 16.8 Å². The molecule has 2 nitrogen and oxygen atoms in total. The number of ether oxygens (including phenoxy) is 1. The van der Waals surface area contributed by atoms with Gasteiger partial charge in [-0.25, -0.2) is 9.18 Å². The number of hydrogen-bond acceptors (Lipinski definition) is 2. The predicted molar refractivity (Wildman–Crippen MR) is 80.3 cm³/mol. The molecule has 0 radical (unpaired) electrons. The zero-order valence-corrected chi connectivity index (χ0v) is 11.6. The van der Waals surface area contributed by atoms with Crippen LogP contribution in [0.2, 0.25) is 5.02 Å². The van der Waals surface area contributed by atoms with E-state index in [9.17, 15) is 9.18 Å². The summed E-state index contributed by atoms with van der Waals surface area (Å²) < 4.78 is 18.5. The summed E-state index contributed by atoms with van der Waals surface area (Å²) in [4.78, 5) is 12.1.